The number of benzene rings is 2. The second-order valence-electron chi connectivity index (χ2n) is 6.53. The van der Waals surface area contributed by atoms with E-state index in [0.717, 1.165) is 5.56 Å². The molecular formula is C23H24N4O5S. The number of thioether (sulfide) groups is 1. The molecule has 1 heterocycles. The van der Waals surface area contributed by atoms with Gasteiger partial charge in [0.1, 0.15) is 10.8 Å². The van der Waals surface area contributed by atoms with E-state index >= 15 is 0 Å². The van der Waals surface area contributed by atoms with E-state index in [4.69, 9.17) is 23.7 Å². The summed E-state index contributed by atoms with van der Waals surface area (Å²) >= 11 is 1.28. The normalized spacial score (nSPS) is 11.9. The molecule has 0 fully saturated rings. The number of aromatic nitrogens is 2. The maximum atomic E-state index is 11.9. The summed E-state index contributed by atoms with van der Waals surface area (Å²) in [6.07, 6.45) is 1.10. The van der Waals surface area contributed by atoms with Crippen LogP contribution >= 0.6 is 11.8 Å². The Bertz CT molecular complexity index is 1170. The Labute approximate surface area is 195 Å². The highest BCUT2D eigenvalue weighted by molar-refractivity contribution is 8.15. The molecule has 10 heteroatoms. The van der Waals surface area contributed by atoms with E-state index < -0.39 is 6.09 Å². The quantitative estimate of drug-likeness (QED) is 0.348. The molecule has 1 amide bonds. The zero-order valence-electron chi connectivity index (χ0n) is 19.0. The van der Waals surface area contributed by atoms with Crippen molar-refractivity contribution in [1.29, 1.82) is 0 Å². The van der Waals surface area contributed by atoms with Gasteiger partial charge in [-0.3, -0.25) is 0 Å². The molecule has 2 aromatic carbocycles. The molecule has 172 valence electrons. The van der Waals surface area contributed by atoms with Gasteiger partial charge < -0.3 is 18.7 Å². The summed E-state index contributed by atoms with van der Waals surface area (Å²) in [6.45, 7) is 4.13. The lowest BCUT2D eigenvalue weighted by atomic mass is 10.1. The number of nitrogens with zero attached hydrogens (tertiary/aromatic N) is 4. The second kappa shape index (κ2) is 11.3. The maximum absolute atomic E-state index is 11.9. The largest absolute Gasteiger partial charge is 0.493 e. The van der Waals surface area contributed by atoms with Crippen LogP contribution in [0.25, 0.3) is 11.4 Å². The summed E-state index contributed by atoms with van der Waals surface area (Å²) in [7, 11) is 2.84. The SMILES string of the molecule is CCOc1ccc(C(=N/c2ccc(-c3noc(C)n3)cc2)/C(=N/C(=O)OC)SC)cc1OC. The van der Waals surface area contributed by atoms with Gasteiger partial charge in [-0.1, -0.05) is 5.16 Å². The number of hydrogen-bond acceptors (Lipinski definition) is 9. The van der Waals surface area contributed by atoms with Gasteiger partial charge in [0.05, 0.1) is 26.5 Å². The molecule has 0 aliphatic carbocycles. The standard InChI is InChI=1S/C23H24N4O5S/c1-6-31-18-12-9-16(13-19(18)29-3)20(22(33-5)26-23(28)30-4)25-17-10-7-15(8-11-17)21-24-14(2)32-27-21/h7-13H,6H2,1-5H3/b25-20-,26-22-. The van der Waals surface area contributed by atoms with Crippen molar-refractivity contribution < 1.29 is 23.5 Å². The highest BCUT2D eigenvalue weighted by atomic mass is 32.2. The summed E-state index contributed by atoms with van der Waals surface area (Å²) < 4.78 is 20.9. The third-order valence-corrected chi connectivity index (χ3v) is 5.07. The first-order valence-corrected chi connectivity index (χ1v) is 11.2. The van der Waals surface area contributed by atoms with E-state index in [-0.39, 0.29) is 0 Å². The molecule has 0 radical (unpaired) electrons. The number of methoxy groups -OCH3 is 2. The van der Waals surface area contributed by atoms with Crippen LogP contribution in [0, 0.1) is 6.92 Å². The molecule has 3 rings (SSSR count). The number of ether oxygens (including phenoxy) is 3. The Kier molecular flexibility index (Phi) is 8.20. The molecular weight excluding hydrogens is 444 g/mol. The van der Waals surface area contributed by atoms with Crippen LogP contribution in [0.15, 0.2) is 57.0 Å². The summed E-state index contributed by atoms with van der Waals surface area (Å²) in [6, 6.07) is 12.8. The van der Waals surface area contributed by atoms with Crippen molar-refractivity contribution >= 4 is 34.3 Å². The number of carbonyl (C=O) groups excluding carboxylic acids is 1. The minimum Gasteiger partial charge on any atom is -0.493 e. The predicted octanol–water partition coefficient (Wildman–Crippen LogP) is 5.10. The molecule has 0 saturated heterocycles. The number of amides is 1. The Balaban J connectivity index is 2.08. The fourth-order valence-corrected chi connectivity index (χ4v) is 3.40. The highest BCUT2D eigenvalue weighted by Crippen LogP contribution is 2.30. The van der Waals surface area contributed by atoms with Crippen LogP contribution in [0.1, 0.15) is 18.4 Å². The summed E-state index contributed by atoms with van der Waals surface area (Å²) in [5, 5.41) is 4.32. The van der Waals surface area contributed by atoms with Crippen molar-refractivity contribution in [3.8, 4) is 22.9 Å². The van der Waals surface area contributed by atoms with E-state index in [2.05, 4.69) is 15.1 Å². The van der Waals surface area contributed by atoms with E-state index in [1.54, 1.807) is 26.2 Å². The summed E-state index contributed by atoms with van der Waals surface area (Å²) in [5.41, 5.74) is 2.62. The van der Waals surface area contributed by atoms with Gasteiger partial charge in [0.2, 0.25) is 11.7 Å². The number of hydrogen-bond donors (Lipinski definition) is 0. The van der Waals surface area contributed by atoms with Crippen LogP contribution in [0.4, 0.5) is 10.5 Å². The number of aliphatic imine (C=N–C) groups is 2. The van der Waals surface area contributed by atoms with E-state index in [0.29, 0.717) is 51.8 Å². The molecule has 0 atom stereocenters. The number of aryl methyl sites for hydroxylation is 1. The van der Waals surface area contributed by atoms with Gasteiger partial charge in [-0.2, -0.15) is 9.98 Å². The highest BCUT2D eigenvalue weighted by Gasteiger charge is 2.17. The van der Waals surface area contributed by atoms with Gasteiger partial charge in [-0.25, -0.2) is 9.79 Å². The van der Waals surface area contributed by atoms with Crippen LogP contribution < -0.4 is 9.47 Å². The lowest BCUT2D eigenvalue weighted by Gasteiger charge is -2.13. The molecule has 33 heavy (non-hydrogen) atoms. The molecule has 0 aliphatic heterocycles. The molecule has 0 unspecified atom stereocenters. The van der Waals surface area contributed by atoms with Gasteiger partial charge >= 0.3 is 6.09 Å². The van der Waals surface area contributed by atoms with Gasteiger partial charge in [-0.15, -0.1) is 11.8 Å². The van der Waals surface area contributed by atoms with Crippen LogP contribution in [0.3, 0.4) is 0 Å². The van der Waals surface area contributed by atoms with Crippen molar-refractivity contribution in [2.75, 3.05) is 27.1 Å². The fraction of sp³-hybridized carbons (Fsp3) is 0.261. The Morgan fingerprint density at radius 3 is 2.45 bits per heavy atom. The lowest BCUT2D eigenvalue weighted by Crippen LogP contribution is -2.15. The second-order valence-corrected chi connectivity index (χ2v) is 7.33. The monoisotopic (exact) mass is 468 g/mol. The number of rotatable bonds is 7. The molecule has 0 spiro atoms. The summed E-state index contributed by atoms with van der Waals surface area (Å²) in [4.78, 5) is 24.9. The van der Waals surface area contributed by atoms with E-state index in [1.165, 1.54) is 18.9 Å². The molecule has 0 aliphatic rings. The van der Waals surface area contributed by atoms with E-state index in [1.807, 2.05) is 43.5 Å². The van der Waals surface area contributed by atoms with Crippen molar-refractivity contribution in [2.45, 2.75) is 13.8 Å². The maximum Gasteiger partial charge on any atom is 0.434 e. The van der Waals surface area contributed by atoms with Crippen LogP contribution in [0.2, 0.25) is 0 Å². The molecule has 0 saturated carbocycles. The van der Waals surface area contributed by atoms with Crippen molar-refractivity contribution in [1.82, 2.24) is 10.1 Å². The average molecular weight is 469 g/mol. The average Bonchev–Trinajstić information content (AvgIpc) is 3.28. The smallest absolute Gasteiger partial charge is 0.434 e. The molecule has 0 bridgehead atoms. The van der Waals surface area contributed by atoms with Crippen molar-refractivity contribution in [3.05, 3.63) is 53.9 Å². The molecule has 0 N–H and O–H groups in total. The van der Waals surface area contributed by atoms with Gasteiger partial charge in [-0.05, 0) is 55.6 Å². The van der Waals surface area contributed by atoms with Crippen LogP contribution in [0.5, 0.6) is 11.5 Å². The first-order chi connectivity index (χ1) is 16.0. The number of carbonyl (C=O) groups is 1. The Morgan fingerprint density at radius 2 is 1.88 bits per heavy atom. The molecule has 9 nitrogen and oxygen atoms in total. The minimum atomic E-state index is -0.715. The topological polar surface area (TPSA) is 108 Å². The molecule has 3 aromatic rings. The zero-order valence-corrected chi connectivity index (χ0v) is 19.8. The van der Waals surface area contributed by atoms with Crippen LogP contribution in [-0.4, -0.2) is 54.1 Å². The van der Waals surface area contributed by atoms with Gasteiger partial charge in [0.15, 0.2) is 11.5 Å². The Morgan fingerprint density at radius 1 is 1.12 bits per heavy atom. The van der Waals surface area contributed by atoms with Crippen molar-refractivity contribution in [3.63, 3.8) is 0 Å². The first kappa shape index (κ1) is 24.0. The van der Waals surface area contributed by atoms with Crippen LogP contribution in [-0.2, 0) is 4.74 Å². The minimum absolute atomic E-state index is 0.394. The Hall–Kier alpha value is -3.66. The summed E-state index contributed by atoms with van der Waals surface area (Å²) in [5.74, 6) is 2.14. The van der Waals surface area contributed by atoms with E-state index in [9.17, 15) is 4.79 Å². The molecule has 1 aromatic heterocycles. The third kappa shape index (κ3) is 5.98. The van der Waals surface area contributed by atoms with Gasteiger partial charge in [0, 0.05) is 18.1 Å². The third-order valence-electron chi connectivity index (χ3n) is 4.39. The lowest BCUT2D eigenvalue weighted by molar-refractivity contribution is 0.183. The zero-order chi connectivity index (χ0) is 23.8. The predicted molar refractivity (Wildman–Crippen MR) is 128 cm³/mol. The fourth-order valence-electron chi connectivity index (χ4n) is 2.88. The van der Waals surface area contributed by atoms with Crippen molar-refractivity contribution in [2.24, 2.45) is 9.98 Å². The van der Waals surface area contributed by atoms with Gasteiger partial charge in [0.25, 0.3) is 0 Å². The first-order valence-electron chi connectivity index (χ1n) is 10.0.